The van der Waals surface area contributed by atoms with E-state index in [1.54, 1.807) is 36.3 Å². The number of halogens is 1. The molecule has 4 nitrogen and oxygen atoms in total. The fourth-order valence-corrected chi connectivity index (χ4v) is 1.49. The Hall–Kier alpha value is -2.17. The molecule has 1 amide bonds. The van der Waals surface area contributed by atoms with E-state index in [0.717, 1.165) is 5.56 Å². The summed E-state index contributed by atoms with van der Waals surface area (Å²) in [5, 5.41) is 6.61. The normalized spacial score (nSPS) is 10.2. The number of nitrogens with one attached hydrogen (secondary N) is 1. The van der Waals surface area contributed by atoms with Gasteiger partial charge in [0.25, 0.3) is 5.91 Å². The van der Waals surface area contributed by atoms with Crippen molar-refractivity contribution < 1.29 is 9.18 Å². The summed E-state index contributed by atoms with van der Waals surface area (Å²) in [7, 11) is 1.79. The van der Waals surface area contributed by atoms with E-state index in [2.05, 4.69) is 10.4 Å². The highest BCUT2D eigenvalue weighted by molar-refractivity contribution is 5.94. The van der Waals surface area contributed by atoms with E-state index in [4.69, 9.17) is 0 Å². The molecule has 0 atom stereocenters. The van der Waals surface area contributed by atoms with Gasteiger partial charge in [0.05, 0.1) is 11.8 Å². The standard InChI is InChI=1S/C12H12FN3O/c1-16-8-9(7-15-16)6-14-12(17)10-4-2-3-5-11(10)13/h2-5,7-8H,6H2,1H3,(H,14,17). The fraction of sp³-hybridized carbons (Fsp3) is 0.167. The van der Waals surface area contributed by atoms with Crippen molar-refractivity contribution in [1.29, 1.82) is 0 Å². The lowest BCUT2D eigenvalue weighted by atomic mass is 10.2. The molecule has 1 heterocycles. The van der Waals surface area contributed by atoms with Gasteiger partial charge < -0.3 is 5.32 Å². The van der Waals surface area contributed by atoms with Crippen molar-refractivity contribution in [3.8, 4) is 0 Å². The van der Waals surface area contributed by atoms with E-state index in [0.29, 0.717) is 6.54 Å². The van der Waals surface area contributed by atoms with Gasteiger partial charge in [-0.15, -0.1) is 0 Å². The first-order valence-electron chi connectivity index (χ1n) is 5.17. The third-order valence-electron chi connectivity index (χ3n) is 2.33. The van der Waals surface area contributed by atoms with E-state index >= 15 is 0 Å². The molecule has 1 aromatic carbocycles. The van der Waals surface area contributed by atoms with E-state index in [1.165, 1.54) is 12.1 Å². The molecule has 5 heteroatoms. The highest BCUT2D eigenvalue weighted by Crippen LogP contribution is 2.06. The SMILES string of the molecule is Cn1cc(CNC(=O)c2ccccc2F)cn1. The number of aryl methyl sites for hydroxylation is 1. The van der Waals surface area contributed by atoms with Gasteiger partial charge in [-0.3, -0.25) is 9.48 Å². The molecule has 0 aliphatic carbocycles. The highest BCUT2D eigenvalue weighted by atomic mass is 19.1. The maximum Gasteiger partial charge on any atom is 0.254 e. The van der Waals surface area contributed by atoms with Crippen molar-refractivity contribution in [2.24, 2.45) is 7.05 Å². The van der Waals surface area contributed by atoms with Crippen LogP contribution in [0, 0.1) is 5.82 Å². The van der Waals surface area contributed by atoms with Crippen LogP contribution in [0.4, 0.5) is 4.39 Å². The van der Waals surface area contributed by atoms with Crippen LogP contribution >= 0.6 is 0 Å². The Bertz CT molecular complexity index is 536. The summed E-state index contributed by atoms with van der Waals surface area (Å²) >= 11 is 0. The van der Waals surface area contributed by atoms with Gasteiger partial charge in [-0.2, -0.15) is 5.10 Å². The van der Waals surface area contributed by atoms with Crippen LogP contribution in [0.1, 0.15) is 15.9 Å². The Labute approximate surface area is 98.1 Å². The van der Waals surface area contributed by atoms with Crippen LogP contribution in [-0.2, 0) is 13.6 Å². The number of rotatable bonds is 3. The van der Waals surface area contributed by atoms with Crippen LogP contribution in [0.5, 0.6) is 0 Å². The van der Waals surface area contributed by atoms with E-state index in [1.807, 2.05) is 0 Å². The van der Waals surface area contributed by atoms with Crippen molar-refractivity contribution >= 4 is 5.91 Å². The predicted octanol–water partition coefficient (Wildman–Crippen LogP) is 1.49. The van der Waals surface area contributed by atoms with Gasteiger partial charge in [0.1, 0.15) is 5.82 Å². The molecule has 0 radical (unpaired) electrons. The van der Waals surface area contributed by atoms with Gasteiger partial charge in [-0.25, -0.2) is 4.39 Å². The number of carbonyl (C=O) groups is 1. The summed E-state index contributed by atoms with van der Waals surface area (Å²) in [6, 6.07) is 5.89. The number of carbonyl (C=O) groups excluding carboxylic acids is 1. The third-order valence-corrected chi connectivity index (χ3v) is 2.33. The predicted molar refractivity (Wildman–Crippen MR) is 60.8 cm³/mol. The first kappa shape index (κ1) is 11.3. The smallest absolute Gasteiger partial charge is 0.254 e. The lowest BCUT2D eigenvalue weighted by Crippen LogP contribution is -2.23. The highest BCUT2D eigenvalue weighted by Gasteiger charge is 2.10. The minimum absolute atomic E-state index is 0.0522. The van der Waals surface area contributed by atoms with Crippen LogP contribution in [0.3, 0.4) is 0 Å². The van der Waals surface area contributed by atoms with Crippen LogP contribution in [0.25, 0.3) is 0 Å². The fourth-order valence-electron chi connectivity index (χ4n) is 1.49. The Kier molecular flexibility index (Phi) is 3.18. The first-order valence-corrected chi connectivity index (χ1v) is 5.17. The average Bonchev–Trinajstić information content (AvgIpc) is 2.73. The van der Waals surface area contributed by atoms with Crippen molar-refractivity contribution in [3.05, 3.63) is 53.6 Å². The lowest BCUT2D eigenvalue weighted by molar-refractivity contribution is 0.0947. The van der Waals surface area contributed by atoms with Crippen molar-refractivity contribution in [1.82, 2.24) is 15.1 Å². The zero-order valence-electron chi connectivity index (χ0n) is 9.35. The summed E-state index contributed by atoms with van der Waals surface area (Å²) in [6.45, 7) is 0.334. The summed E-state index contributed by atoms with van der Waals surface area (Å²) in [4.78, 5) is 11.7. The molecule has 0 saturated heterocycles. The Morgan fingerprint density at radius 3 is 2.88 bits per heavy atom. The largest absolute Gasteiger partial charge is 0.348 e. The molecule has 17 heavy (non-hydrogen) atoms. The lowest BCUT2D eigenvalue weighted by Gasteiger charge is -2.04. The van der Waals surface area contributed by atoms with Gasteiger partial charge in [-0.1, -0.05) is 12.1 Å². The molecule has 0 fully saturated rings. The van der Waals surface area contributed by atoms with Crippen molar-refractivity contribution in [3.63, 3.8) is 0 Å². The van der Waals surface area contributed by atoms with Crippen LogP contribution in [0.2, 0.25) is 0 Å². The van der Waals surface area contributed by atoms with E-state index in [-0.39, 0.29) is 5.56 Å². The molecule has 1 aromatic heterocycles. The van der Waals surface area contributed by atoms with E-state index in [9.17, 15) is 9.18 Å². The Morgan fingerprint density at radius 2 is 2.24 bits per heavy atom. The number of amides is 1. The number of nitrogens with zero attached hydrogens (tertiary/aromatic N) is 2. The summed E-state index contributed by atoms with van der Waals surface area (Å²) in [5.41, 5.74) is 0.925. The average molecular weight is 233 g/mol. The van der Waals surface area contributed by atoms with Gasteiger partial charge >= 0.3 is 0 Å². The number of aromatic nitrogens is 2. The molecule has 88 valence electrons. The number of hydrogen-bond acceptors (Lipinski definition) is 2. The summed E-state index contributed by atoms with van der Waals surface area (Å²) in [6.07, 6.45) is 3.45. The maximum atomic E-state index is 13.3. The zero-order chi connectivity index (χ0) is 12.3. The molecule has 0 spiro atoms. The minimum atomic E-state index is -0.517. The van der Waals surface area contributed by atoms with Crippen molar-refractivity contribution in [2.45, 2.75) is 6.54 Å². The Balaban J connectivity index is 2.01. The van der Waals surface area contributed by atoms with Crippen LogP contribution in [0.15, 0.2) is 36.7 Å². The van der Waals surface area contributed by atoms with Gasteiger partial charge in [-0.05, 0) is 12.1 Å². The zero-order valence-corrected chi connectivity index (χ0v) is 9.35. The molecule has 0 aliphatic heterocycles. The molecule has 1 N–H and O–H groups in total. The molecule has 0 saturated carbocycles. The van der Waals surface area contributed by atoms with Gasteiger partial charge in [0, 0.05) is 25.4 Å². The van der Waals surface area contributed by atoms with Gasteiger partial charge in [0.2, 0.25) is 0 Å². The molecule has 2 aromatic rings. The first-order chi connectivity index (χ1) is 8.16. The quantitative estimate of drug-likeness (QED) is 0.873. The van der Waals surface area contributed by atoms with Crippen LogP contribution in [-0.4, -0.2) is 15.7 Å². The molecule has 0 bridgehead atoms. The number of benzene rings is 1. The molecule has 2 rings (SSSR count). The third kappa shape index (κ3) is 2.69. The van der Waals surface area contributed by atoms with Crippen molar-refractivity contribution in [2.75, 3.05) is 0 Å². The Morgan fingerprint density at radius 1 is 1.47 bits per heavy atom. The van der Waals surface area contributed by atoms with E-state index < -0.39 is 11.7 Å². The maximum absolute atomic E-state index is 13.3. The summed E-state index contributed by atoms with van der Waals surface area (Å²) in [5.74, 6) is -0.942. The molecule has 0 aliphatic rings. The second kappa shape index (κ2) is 4.78. The number of hydrogen-bond donors (Lipinski definition) is 1. The topological polar surface area (TPSA) is 46.9 Å². The second-order valence-corrected chi connectivity index (χ2v) is 3.68. The molecule has 0 unspecified atom stereocenters. The molecular formula is C12H12FN3O. The summed E-state index contributed by atoms with van der Waals surface area (Å²) < 4.78 is 14.9. The monoisotopic (exact) mass is 233 g/mol. The second-order valence-electron chi connectivity index (χ2n) is 3.68. The van der Waals surface area contributed by atoms with Gasteiger partial charge in [0.15, 0.2) is 0 Å². The van der Waals surface area contributed by atoms with Crippen LogP contribution < -0.4 is 5.32 Å². The molecular weight excluding hydrogens is 221 g/mol. The minimum Gasteiger partial charge on any atom is -0.348 e.